The molecule has 0 aromatic carbocycles. The Morgan fingerprint density at radius 1 is 0.500 bits per heavy atom. The Hall–Kier alpha value is -0.680. The molecule has 6 fully saturated rings. The molecule has 0 amide bonds. The molecule has 0 heterocycles. The monoisotopic (exact) mass is 580 g/mol. The Balaban J connectivity index is 0.000000137. The molecule has 0 aromatic rings. The lowest BCUT2D eigenvalue weighted by atomic mass is 9.48. The molecule has 8 rings (SSSR count). The molecule has 8 aliphatic rings. The van der Waals surface area contributed by atoms with Crippen molar-refractivity contribution in [3.05, 3.63) is 23.3 Å². The first kappa shape index (κ1) is 30.0. The van der Waals surface area contributed by atoms with Gasteiger partial charge >= 0.3 is 0 Å². The van der Waals surface area contributed by atoms with E-state index in [1.54, 1.807) is 11.1 Å². The molecule has 4 nitrogen and oxygen atoms in total. The van der Waals surface area contributed by atoms with Gasteiger partial charge in [0.05, 0.1) is 24.4 Å². The number of aliphatic hydroxyl groups is 4. The summed E-state index contributed by atoms with van der Waals surface area (Å²) in [5, 5.41) is 40.9. The summed E-state index contributed by atoms with van der Waals surface area (Å²) >= 11 is 0. The Labute approximate surface area is 255 Å². The fraction of sp³-hybridized carbons (Fsp3) is 0.895. The number of hydrogen-bond acceptors (Lipinski definition) is 4. The Kier molecular flexibility index (Phi) is 7.45. The van der Waals surface area contributed by atoms with Gasteiger partial charge in [-0.05, 0) is 160 Å². The molecular weight excluding hydrogens is 520 g/mol. The molecule has 6 saturated carbocycles. The largest absolute Gasteiger partial charge is 0.393 e. The molecule has 0 spiro atoms. The van der Waals surface area contributed by atoms with E-state index in [0.29, 0.717) is 22.7 Å². The lowest BCUT2D eigenvalue weighted by Gasteiger charge is -2.57. The summed E-state index contributed by atoms with van der Waals surface area (Å²) in [7, 11) is 0. The van der Waals surface area contributed by atoms with Crippen LogP contribution in [-0.2, 0) is 0 Å². The van der Waals surface area contributed by atoms with Crippen molar-refractivity contribution in [3.8, 4) is 0 Å². The van der Waals surface area contributed by atoms with E-state index >= 15 is 0 Å². The van der Waals surface area contributed by atoms with E-state index in [-0.39, 0.29) is 35.2 Å². The minimum atomic E-state index is -0.108. The van der Waals surface area contributed by atoms with Crippen LogP contribution in [0.15, 0.2) is 23.3 Å². The molecule has 14 atom stereocenters. The standard InChI is InChI=1S/2C19H30O2/c2*1-18-9-7-13(20)11-12(18)3-4-14-15-5-6-17(21)19(15,2)10-8-16(14)18/h2*3,13-17,20-21H,4-11H2,1-2H3/t2*13?,14-,15-,16-,17?,18-,19-/m00/s1. The van der Waals surface area contributed by atoms with Crippen molar-refractivity contribution in [1.82, 2.24) is 0 Å². The minimum absolute atomic E-state index is 0.0742. The predicted octanol–water partition coefficient (Wildman–Crippen LogP) is 7.34. The maximum Gasteiger partial charge on any atom is 0.0596 e. The van der Waals surface area contributed by atoms with Crippen LogP contribution in [0.3, 0.4) is 0 Å². The average Bonchev–Trinajstić information content (AvgIpc) is 3.44. The van der Waals surface area contributed by atoms with Crippen LogP contribution in [0.5, 0.6) is 0 Å². The van der Waals surface area contributed by atoms with Gasteiger partial charge in [0.25, 0.3) is 0 Å². The third-order valence-corrected chi connectivity index (χ3v) is 16.1. The molecule has 236 valence electrons. The SMILES string of the molecule is C[C@]12CCC(O)CC1=CC[C@@H]1[C@@H]2CC[C@]2(C)C(O)CC[C@@H]12.C[C@]12CCC(O)CC1=CC[C@@H]1[C@@H]2CC[C@]2(C)C(O)CC[C@@H]12. The Morgan fingerprint density at radius 2 is 0.905 bits per heavy atom. The Morgan fingerprint density at radius 3 is 1.31 bits per heavy atom. The van der Waals surface area contributed by atoms with Gasteiger partial charge in [0.1, 0.15) is 0 Å². The molecule has 8 aliphatic carbocycles. The van der Waals surface area contributed by atoms with Gasteiger partial charge in [0, 0.05) is 0 Å². The summed E-state index contributed by atoms with van der Waals surface area (Å²) in [6.07, 6.45) is 22.5. The average molecular weight is 581 g/mol. The summed E-state index contributed by atoms with van der Waals surface area (Å²) in [6.45, 7) is 9.63. The highest BCUT2D eigenvalue weighted by Crippen LogP contribution is 2.66. The molecule has 0 aromatic heterocycles. The second-order valence-corrected chi connectivity index (χ2v) is 17.6. The lowest BCUT2D eigenvalue weighted by molar-refractivity contribution is -0.0712. The van der Waals surface area contributed by atoms with Crippen LogP contribution in [0.4, 0.5) is 0 Å². The van der Waals surface area contributed by atoms with Crippen LogP contribution in [0.2, 0.25) is 0 Å². The molecular formula is C38H60O4. The zero-order valence-corrected chi connectivity index (χ0v) is 27.0. The number of allylic oxidation sites excluding steroid dienone is 2. The number of aliphatic hydroxyl groups excluding tert-OH is 4. The first-order chi connectivity index (χ1) is 19.9. The van der Waals surface area contributed by atoms with Gasteiger partial charge in [-0.2, -0.15) is 0 Å². The minimum Gasteiger partial charge on any atom is -0.393 e. The van der Waals surface area contributed by atoms with Crippen molar-refractivity contribution in [2.45, 2.75) is 155 Å². The van der Waals surface area contributed by atoms with Crippen molar-refractivity contribution >= 4 is 0 Å². The van der Waals surface area contributed by atoms with Gasteiger partial charge in [-0.3, -0.25) is 0 Å². The quantitative estimate of drug-likeness (QED) is 0.226. The molecule has 0 radical (unpaired) electrons. The maximum atomic E-state index is 10.5. The van der Waals surface area contributed by atoms with Crippen molar-refractivity contribution < 1.29 is 20.4 Å². The van der Waals surface area contributed by atoms with Crippen molar-refractivity contribution in [2.75, 3.05) is 0 Å². The fourth-order valence-electron chi connectivity index (χ4n) is 13.2. The van der Waals surface area contributed by atoms with Gasteiger partial charge in [-0.15, -0.1) is 0 Å². The van der Waals surface area contributed by atoms with Gasteiger partial charge in [-0.1, -0.05) is 51.0 Å². The Bertz CT molecular complexity index is 1030. The first-order valence-corrected chi connectivity index (χ1v) is 18.0. The molecule has 4 unspecified atom stereocenters. The predicted molar refractivity (Wildman–Crippen MR) is 167 cm³/mol. The van der Waals surface area contributed by atoms with E-state index in [2.05, 4.69) is 39.8 Å². The van der Waals surface area contributed by atoms with Crippen LogP contribution >= 0.6 is 0 Å². The lowest BCUT2D eigenvalue weighted by Crippen LogP contribution is -2.51. The third-order valence-electron chi connectivity index (χ3n) is 16.1. The molecule has 0 aliphatic heterocycles. The van der Waals surface area contributed by atoms with Gasteiger partial charge < -0.3 is 20.4 Å². The van der Waals surface area contributed by atoms with E-state index < -0.39 is 0 Å². The van der Waals surface area contributed by atoms with Gasteiger partial charge in [0.2, 0.25) is 0 Å². The number of hydrogen-bond donors (Lipinski definition) is 4. The summed E-state index contributed by atoms with van der Waals surface area (Å²) in [4.78, 5) is 0. The highest BCUT2D eigenvalue weighted by Gasteiger charge is 2.60. The van der Waals surface area contributed by atoms with E-state index in [1.807, 2.05) is 0 Å². The second-order valence-electron chi connectivity index (χ2n) is 17.6. The zero-order chi connectivity index (χ0) is 29.7. The van der Waals surface area contributed by atoms with E-state index in [4.69, 9.17) is 0 Å². The van der Waals surface area contributed by atoms with Crippen molar-refractivity contribution in [3.63, 3.8) is 0 Å². The first-order valence-electron chi connectivity index (χ1n) is 18.0. The maximum absolute atomic E-state index is 10.5. The van der Waals surface area contributed by atoms with Crippen LogP contribution in [-0.4, -0.2) is 44.8 Å². The second kappa shape index (κ2) is 10.4. The molecule has 0 bridgehead atoms. The van der Waals surface area contributed by atoms with Crippen LogP contribution in [0.25, 0.3) is 0 Å². The highest BCUT2D eigenvalue weighted by molar-refractivity contribution is 5.26. The van der Waals surface area contributed by atoms with Crippen LogP contribution in [0, 0.1) is 57.2 Å². The zero-order valence-electron chi connectivity index (χ0n) is 27.0. The molecule has 0 saturated heterocycles. The normalized spacial score (nSPS) is 56.2. The van der Waals surface area contributed by atoms with Crippen molar-refractivity contribution in [1.29, 1.82) is 0 Å². The van der Waals surface area contributed by atoms with Gasteiger partial charge in [-0.25, -0.2) is 0 Å². The highest BCUT2D eigenvalue weighted by atomic mass is 16.3. The molecule has 42 heavy (non-hydrogen) atoms. The summed E-state index contributed by atoms with van der Waals surface area (Å²) in [5.74, 6) is 4.54. The van der Waals surface area contributed by atoms with Crippen LogP contribution in [0.1, 0.15) is 130 Å². The van der Waals surface area contributed by atoms with Gasteiger partial charge in [0.15, 0.2) is 0 Å². The summed E-state index contributed by atoms with van der Waals surface area (Å²) in [5.41, 5.74) is 4.11. The van der Waals surface area contributed by atoms with E-state index in [0.717, 1.165) is 75.0 Å². The summed E-state index contributed by atoms with van der Waals surface area (Å²) in [6, 6.07) is 0. The molecule has 4 heteroatoms. The molecule has 4 N–H and O–H groups in total. The number of fused-ring (bicyclic) bond motifs is 10. The smallest absolute Gasteiger partial charge is 0.0596 e. The van der Waals surface area contributed by atoms with Crippen molar-refractivity contribution in [2.24, 2.45) is 57.2 Å². The topological polar surface area (TPSA) is 80.9 Å². The third kappa shape index (κ3) is 4.34. The summed E-state index contributed by atoms with van der Waals surface area (Å²) < 4.78 is 0. The van der Waals surface area contributed by atoms with E-state index in [1.165, 1.54) is 51.4 Å². The fourth-order valence-corrected chi connectivity index (χ4v) is 13.2. The van der Waals surface area contributed by atoms with Crippen LogP contribution < -0.4 is 0 Å². The van der Waals surface area contributed by atoms with E-state index in [9.17, 15) is 20.4 Å². The number of rotatable bonds is 0.